The lowest BCUT2D eigenvalue weighted by molar-refractivity contribution is -0.128. The van der Waals surface area contributed by atoms with Crippen LogP contribution < -0.4 is 5.32 Å². The number of benzene rings is 2. The zero-order valence-electron chi connectivity index (χ0n) is 12.8. The van der Waals surface area contributed by atoms with Crippen molar-refractivity contribution in [3.8, 4) is 0 Å². The molecule has 2 amide bonds. The highest BCUT2D eigenvalue weighted by Crippen LogP contribution is 2.22. The van der Waals surface area contributed by atoms with E-state index >= 15 is 0 Å². The summed E-state index contributed by atoms with van der Waals surface area (Å²) in [7, 11) is 0. The molecule has 1 fully saturated rings. The van der Waals surface area contributed by atoms with Crippen molar-refractivity contribution >= 4 is 17.5 Å². The third kappa shape index (κ3) is 3.76. The molecule has 0 aliphatic carbocycles. The van der Waals surface area contributed by atoms with Crippen LogP contribution in [0, 0.1) is 17.6 Å². The minimum absolute atomic E-state index is 0.112. The maximum Gasteiger partial charge on any atom is 0.229 e. The summed E-state index contributed by atoms with van der Waals surface area (Å²) in [6.45, 7) is 0.655. The van der Waals surface area contributed by atoms with Crippen LogP contribution in [0.3, 0.4) is 0 Å². The smallest absolute Gasteiger partial charge is 0.229 e. The van der Waals surface area contributed by atoms with E-state index < -0.39 is 5.92 Å². The molecule has 24 heavy (non-hydrogen) atoms. The predicted octanol–water partition coefficient (Wildman–Crippen LogP) is 2.95. The summed E-state index contributed by atoms with van der Waals surface area (Å²) in [4.78, 5) is 25.9. The van der Waals surface area contributed by atoms with Gasteiger partial charge in [-0.05, 0) is 42.0 Å². The number of halogens is 2. The predicted molar refractivity (Wildman–Crippen MR) is 85.0 cm³/mol. The number of anilines is 1. The molecule has 1 heterocycles. The quantitative estimate of drug-likeness (QED) is 0.937. The van der Waals surface area contributed by atoms with Crippen molar-refractivity contribution in [1.82, 2.24) is 4.90 Å². The number of carbonyl (C=O) groups is 2. The average molecular weight is 330 g/mol. The molecule has 3 rings (SSSR count). The Bertz CT molecular complexity index is 745. The van der Waals surface area contributed by atoms with Gasteiger partial charge >= 0.3 is 0 Å². The van der Waals surface area contributed by atoms with Crippen molar-refractivity contribution in [2.75, 3.05) is 11.9 Å². The van der Waals surface area contributed by atoms with E-state index in [2.05, 4.69) is 5.32 Å². The number of nitrogens with zero attached hydrogens (tertiary/aromatic N) is 1. The van der Waals surface area contributed by atoms with Gasteiger partial charge in [-0.25, -0.2) is 8.78 Å². The van der Waals surface area contributed by atoms with Gasteiger partial charge in [-0.15, -0.1) is 0 Å². The van der Waals surface area contributed by atoms with Gasteiger partial charge in [0.2, 0.25) is 11.8 Å². The standard InChI is InChI=1S/C18H16F2N2O2/c19-14-3-1-12(2-4-14)10-22-11-13(9-17(22)23)18(24)21-16-7-5-15(20)6-8-16/h1-8,13H,9-11H2,(H,21,24)/t13-/m1/s1. The van der Waals surface area contributed by atoms with Gasteiger partial charge in [-0.1, -0.05) is 12.1 Å². The largest absolute Gasteiger partial charge is 0.338 e. The van der Waals surface area contributed by atoms with E-state index in [0.717, 1.165) is 5.56 Å². The molecule has 6 heteroatoms. The zero-order valence-corrected chi connectivity index (χ0v) is 12.8. The molecule has 0 spiro atoms. The maximum absolute atomic E-state index is 12.9. The summed E-state index contributed by atoms with van der Waals surface area (Å²) in [5, 5.41) is 2.69. The van der Waals surface area contributed by atoms with E-state index in [0.29, 0.717) is 18.8 Å². The number of nitrogens with one attached hydrogen (secondary N) is 1. The molecule has 2 aromatic carbocycles. The first-order valence-electron chi connectivity index (χ1n) is 7.60. The molecular weight excluding hydrogens is 314 g/mol. The summed E-state index contributed by atoms with van der Waals surface area (Å²) in [6, 6.07) is 11.4. The van der Waals surface area contributed by atoms with Crippen molar-refractivity contribution < 1.29 is 18.4 Å². The molecule has 1 atom stereocenters. The highest BCUT2D eigenvalue weighted by molar-refractivity contribution is 5.97. The second-order valence-corrected chi connectivity index (χ2v) is 5.80. The Hall–Kier alpha value is -2.76. The Morgan fingerprint density at radius 3 is 2.25 bits per heavy atom. The van der Waals surface area contributed by atoms with Crippen LogP contribution in [0.1, 0.15) is 12.0 Å². The molecular formula is C18H16F2N2O2. The zero-order chi connectivity index (χ0) is 17.1. The first kappa shape index (κ1) is 16.1. The molecule has 1 aliphatic heterocycles. The number of rotatable bonds is 4. The number of hydrogen-bond donors (Lipinski definition) is 1. The van der Waals surface area contributed by atoms with Gasteiger partial charge in [0.25, 0.3) is 0 Å². The minimum Gasteiger partial charge on any atom is -0.338 e. The van der Waals surface area contributed by atoms with Gasteiger partial charge < -0.3 is 10.2 Å². The third-order valence-corrected chi connectivity index (χ3v) is 3.98. The minimum atomic E-state index is -0.456. The molecule has 1 aliphatic rings. The van der Waals surface area contributed by atoms with Crippen molar-refractivity contribution in [2.24, 2.45) is 5.92 Å². The van der Waals surface area contributed by atoms with Gasteiger partial charge in [0, 0.05) is 25.2 Å². The number of likely N-dealkylation sites (tertiary alicyclic amines) is 1. The monoisotopic (exact) mass is 330 g/mol. The normalized spacial score (nSPS) is 17.2. The van der Waals surface area contributed by atoms with E-state index in [1.807, 2.05) is 0 Å². The van der Waals surface area contributed by atoms with Crippen LogP contribution in [0.15, 0.2) is 48.5 Å². The van der Waals surface area contributed by atoms with Crippen LogP contribution in [0.2, 0.25) is 0 Å². The molecule has 0 unspecified atom stereocenters. The third-order valence-electron chi connectivity index (χ3n) is 3.98. The SMILES string of the molecule is O=C(Nc1ccc(F)cc1)[C@@H]1CC(=O)N(Cc2ccc(F)cc2)C1. The first-order chi connectivity index (χ1) is 11.5. The fraction of sp³-hybridized carbons (Fsp3) is 0.222. The fourth-order valence-corrected chi connectivity index (χ4v) is 2.69. The summed E-state index contributed by atoms with van der Waals surface area (Å²) in [6.07, 6.45) is 0.133. The first-order valence-corrected chi connectivity index (χ1v) is 7.60. The summed E-state index contributed by atoms with van der Waals surface area (Å²) in [5.41, 5.74) is 1.30. The molecule has 0 aromatic heterocycles. The Balaban J connectivity index is 1.60. The molecule has 1 saturated heterocycles. The van der Waals surface area contributed by atoms with Gasteiger partial charge in [-0.3, -0.25) is 9.59 Å². The summed E-state index contributed by atoms with van der Waals surface area (Å²) in [5.74, 6) is -1.55. The number of hydrogen-bond acceptors (Lipinski definition) is 2. The van der Waals surface area contributed by atoms with Crippen LogP contribution in [0.5, 0.6) is 0 Å². The van der Waals surface area contributed by atoms with E-state index in [9.17, 15) is 18.4 Å². The lowest BCUT2D eigenvalue weighted by atomic mass is 10.1. The van der Waals surface area contributed by atoms with E-state index in [4.69, 9.17) is 0 Å². The molecule has 4 nitrogen and oxygen atoms in total. The second-order valence-electron chi connectivity index (χ2n) is 5.80. The summed E-state index contributed by atoms with van der Waals surface area (Å²) < 4.78 is 25.8. The van der Waals surface area contributed by atoms with Crippen molar-refractivity contribution in [3.63, 3.8) is 0 Å². The second kappa shape index (κ2) is 6.78. The lowest BCUT2D eigenvalue weighted by Crippen LogP contribution is -2.28. The van der Waals surface area contributed by atoms with Crippen LogP contribution in [-0.2, 0) is 16.1 Å². The average Bonchev–Trinajstić information content (AvgIpc) is 2.93. The molecule has 0 saturated carbocycles. The molecule has 124 valence electrons. The number of carbonyl (C=O) groups excluding carboxylic acids is 2. The van der Waals surface area contributed by atoms with Gasteiger partial charge in [-0.2, -0.15) is 0 Å². The van der Waals surface area contributed by atoms with Crippen LogP contribution in [-0.4, -0.2) is 23.3 Å². The Morgan fingerprint density at radius 1 is 1.04 bits per heavy atom. The van der Waals surface area contributed by atoms with Crippen LogP contribution >= 0.6 is 0 Å². The molecule has 0 bridgehead atoms. The fourth-order valence-electron chi connectivity index (χ4n) is 2.69. The van der Waals surface area contributed by atoms with E-state index in [1.54, 1.807) is 17.0 Å². The Labute approximate surface area is 138 Å². The maximum atomic E-state index is 12.9. The van der Waals surface area contributed by atoms with Crippen molar-refractivity contribution in [2.45, 2.75) is 13.0 Å². The van der Waals surface area contributed by atoms with Crippen LogP contribution in [0.4, 0.5) is 14.5 Å². The van der Waals surface area contributed by atoms with E-state index in [1.165, 1.54) is 36.4 Å². The lowest BCUT2D eigenvalue weighted by Gasteiger charge is -2.16. The molecule has 2 aromatic rings. The highest BCUT2D eigenvalue weighted by Gasteiger charge is 2.34. The molecule has 0 radical (unpaired) electrons. The molecule has 1 N–H and O–H groups in total. The van der Waals surface area contributed by atoms with Crippen molar-refractivity contribution in [1.29, 1.82) is 0 Å². The topological polar surface area (TPSA) is 49.4 Å². The number of amides is 2. The van der Waals surface area contributed by atoms with E-state index in [-0.39, 0.29) is 29.9 Å². The van der Waals surface area contributed by atoms with Crippen LogP contribution in [0.25, 0.3) is 0 Å². The van der Waals surface area contributed by atoms with Gasteiger partial charge in [0.1, 0.15) is 11.6 Å². The van der Waals surface area contributed by atoms with Gasteiger partial charge in [0.05, 0.1) is 5.92 Å². The summed E-state index contributed by atoms with van der Waals surface area (Å²) >= 11 is 0. The highest BCUT2D eigenvalue weighted by atomic mass is 19.1. The Morgan fingerprint density at radius 2 is 1.62 bits per heavy atom. The van der Waals surface area contributed by atoms with Crippen molar-refractivity contribution in [3.05, 3.63) is 65.7 Å². The van der Waals surface area contributed by atoms with Gasteiger partial charge in [0.15, 0.2) is 0 Å². The Kier molecular flexibility index (Phi) is 4.55.